The number of nitrogens with zero attached hydrogens (tertiary/aromatic N) is 3. The molecule has 1 aliphatic heterocycles. The molecule has 1 amide bonds. The number of pyridine rings is 1. The lowest BCUT2D eigenvalue weighted by Crippen LogP contribution is -2.48. The van der Waals surface area contributed by atoms with E-state index in [0.29, 0.717) is 11.4 Å². The molecule has 4 rings (SSSR count). The highest BCUT2D eigenvalue weighted by molar-refractivity contribution is 5.95. The number of piperazine rings is 1. The molecule has 29 heavy (non-hydrogen) atoms. The third-order valence-corrected chi connectivity index (χ3v) is 5.56. The minimum Gasteiger partial charge on any atom is -0.368 e. The fourth-order valence-electron chi connectivity index (χ4n) is 3.65. The molecule has 0 aliphatic carbocycles. The minimum atomic E-state index is 0.0594. The summed E-state index contributed by atoms with van der Waals surface area (Å²) in [6.07, 6.45) is 1.70. The van der Waals surface area contributed by atoms with E-state index >= 15 is 0 Å². The SMILES string of the molecule is Cc1cccc(Nc2cc(C(=O)N3CCN(c4ccccc4)CC3)ccn2)c1C. The fourth-order valence-corrected chi connectivity index (χ4v) is 3.65. The van der Waals surface area contributed by atoms with E-state index in [1.165, 1.54) is 16.8 Å². The highest BCUT2D eigenvalue weighted by atomic mass is 16.2. The maximum absolute atomic E-state index is 13.0. The number of anilines is 3. The van der Waals surface area contributed by atoms with Crippen LogP contribution in [0.25, 0.3) is 0 Å². The molecule has 0 saturated carbocycles. The molecule has 2 heterocycles. The van der Waals surface area contributed by atoms with Crippen molar-refractivity contribution in [2.24, 2.45) is 0 Å². The Morgan fingerprint density at radius 2 is 1.69 bits per heavy atom. The third-order valence-electron chi connectivity index (χ3n) is 5.56. The maximum Gasteiger partial charge on any atom is 0.254 e. The lowest BCUT2D eigenvalue weighted by Gasteiger charge is -2.36. The van der Waals surface area contributed by atoms with Crippen molar-refractivity contribution in [3.05, 3.63) is 83.6 Å². The molecule has 1 aliphatic rings. The average molecular weight is 386 g/mol. The van der Waals surface area contributed by atoms with Gasteiger partial charge in [0.2, 0.25) is 0 Å². The maximum atomic E-state index is 13.0. The van der Waals surface area contributed by atoms with Crippen molar-refractivity contribution in [2.45, 2.75) is 13.8 Å². The van der Waals surface area contributed by atoms with Gasteiger partial charge in [0.1, 0.15) is 5.82 Å². The number of rotatable bonds is 4. The van der Waals surface area contributed by atoms with E-state index in [4.69, 9.17) is 0 Å². The monoisotopic (exact) mass is 386 g/mol. The first kappa shape index (κ1) is 19.0. The second-order valence-electron chi connectivity index (χ2n) is 7.42. The van der Waals surface area contributed by atoms with E-state index in [-0.39, 0.29) is 5.91 Å². The number of benzene rings is 2. The normalized spacial score (nSPS) is 14.0. The molecule has 5 nitrogen and oxygen atoms in total. The van der Waals surface area contributed by atoms with Gasteiger partial charge in [0, 0.05) is 49.3 Å². The van der Waals surface area contributed by atoms with Gasteiger partial charge in [-0.3, -0.25) is 4.79 Å². The molecule has 2 aromatic carbocycles. The summed E-state index contributed by atoms with van der Waals surface area (Å²) in [6.45, 7) is 7.29. The zero-order valence-corrected chi connectivity index (χ0v) is 16.9. The quantitative estimate of drug-likeness (QED) is 0.722. The van der Waals surface area contributed by atoms with E-state index in [0.717, 1.165) is 31.9 Å². The summed E-state index contributed by atoms with van der Waals surface area (Å²) in [5, 5.41) is 3.35. The summed E-state index contributed by atoms with van der Waals surface area (Å²) in [5.74, 6) is 0.747. The molecule has 1 aromatic heterocycles. The van der Waals surface area contributed by atoms with Gasteiger partial charge in [0.05, 0.1) is 0 Å². The Bertz CT molecular complexity index is 995. The Kier molecular flexibility index (Phi) is 5.47. The zero-order chi connectivity index (χ0) is 20.2. The van der Waals surface area contributed by atoms with Crippen molar-refractivity contribution in [1.82, 2.24) is 9.88 Å². The van der Waals surface area contributed by atoms with Crippen LogP contribution in [0.15, 0.2) is 66.9 Å². The van der Waals surface area contributed by atoms with Gasteiger partial charge in [-0.05, 0) is 55.3 Å². The molecule has 1 fully saturated rings. The summed E-state index contributed by atoms with van der Waals surface area (Å²) < 4.78 is 0. The first-order chi connectivity index (χ1) is 14.1. The molecular formula is C24H26N4O. The van der Waals surface area contributed by atoms with Crippen LogP contribution in [0.3, 0.4) is 0 Å². The van der Waals surface area contributed by atoms with E-state index < -0.39 is 0 Å². The average Bonchev–Trinajstić information content (AvgIpc) is 2.77. The van der Waals surface area contributed by atoms with Crippen LogP contribution in [0.4, 0.5) is 17.2 Å². The van der Waals surface area contributed by atoms with Crippen molar-refractivity contribution in [3.63, 3.8) is 0 Å². The van der Waals surface area contributed by atoms with Gasteiger partial charge < -0.3 is 15.1 Å². The van der Waals surface area contributed by atoms with Gasteiger partial charge in [0.15, 0.2) is 0 Å². The van der Waals surface area contributed by atoms with Crippen molar-refractivity contribution in [2.75, 3.05) is 36.4 Å². The standard InChI is InChI=1S/C24H26N4O/c1-18-7-6-10-22(19(18)2)26-23-17-20(11-12-25-23)24(29)28-15-13-27(14-16-28)21-8-4-3-5-9-21/h3-12,17H,13-16H2,1-2H3,(H,25,26). The molecule has 0 unspecified atom stereocenters. The molecule has 148 valence electrons. The van der Waals surface area contributed by atoms with Crippen molar-refractivity contribution in [3.8, 4) is 0 Å². The largest absolute Gasteiger partial charge is 0.368 e. The van der Waals surface area contributed by atoms with Crippen LogP contribution in [0.1, 0.15) is 21.5 Å². The van der Waals surface area contributed by atoms with E-state index in [2.05, 4.69) is 47.2 Å². The summed E-state index contributed by atoms with van der Waals surface area (Å²) in [6, 6.07) is 20.1. The van der Waals surface area contributed by atoms with Crippen LogP contribution in [0.5, 0.6) is 0 Å². The van der Waals surface area contributed by atoms with Gasteiger partial charge in [-0.25, -0.2) is 4.98 Å². The van der Waals surface area contributed by atoms with Crippen LogP contribution < -0.4 is 10.2 Å². The first-order valence-electron chi connectivity index (χ1n) is 10.0. The number of hydrogen-bond acceptors (Lipinski definition) is 4. The Morgan fingerprint density at radius 3 is 2.45 bits per heavy atom. The topological polar surface area (TPSA) is 48.5 Å². The summed E-state index contributed by atoms with van der Waals surface area (Å²) in [4.78, 5) is 21.7. The highest BCUT2D eigenvalue weighted by Crippen LogP contribution is 2.23. The molecule has 0 radical (unpaired) electrons. The number of nitrogens with one attached hydrogen (secondary N) is 1. The molecule has 0 spiro atoms. The van der Waals surface area contributed by atoms with Crippen LogP contribution in [-0.4, -0.2) is 42.0 Å². The van der Waals surface area contributed by atoms with Gasteiger partial charge in [-0.2, -0.15) is 0 Å². The van der Waals surface area contributed by atoms with Gasteiger partial charge >= 0.3 is 0 Å². The second-order valence-corrected chi connectivity index (χ2v) is 7.42. The lowest BCUT2D eigenvalue weighted by molar-refractivity contribution is 0.0746. The second kappa shape index (κ2) is 8.35. The molecule has 5 heteroatoms. The van der Waals surface area contributed by atoms with E-state index in [9.17, 15) is 4.79 Å². The Labute approximate surface area is 172 Å². The van der Waals surface area contributed by atoms with Crippen LogP contribution in [0, 0.1) is 13.8 Å². The number of aromatic nitrogens is 1. The van der Waals surface area contributed by atoms with E-state index in [1.807, 2.05) is 41.3 Å². The van der Waals surface area contributed by atoms with Gasteiger partial charge in [-0.15, -0.1) is 0 Å². The lowest BCUT2D eigenvalue weighted by atomic mass is 10.1. The van der Waals surface area contributed by atoms with Crippen LogP contribution >= 0.6 is 0 Å². The number of hydrogen-bond donors (Lipinski definition) is 1. The predicted octanol–water partition coefficient (Wildman–Crippen LogP) is 4.40. The number of carbonyl (C=O) groups is 1. The van der Waals surface area contributed by atoms with Crippen molar-refractivity contribution < 1.29 is 4.79 Å². The van der Waals surface area contributed by atoms with Crippen molar-refractivity contribution in [1.29, 1.82) is 0 Å². The number of para-hydroxylation sites is 1. The first-order valence-corrected chi connectivity index (χ1v) is 10.0. The summed E-state index contributed by atoms with van der Waals surface area (Å²) in [7, 11) is 0. The summed E-state index contributed by atoms with van der Waals surface area (Å²) >= 11 is 0. The molecule has 3 aromatic rings. The van der Waals surface area contributed by atoms with E-state index in [1.54, 1.807) is 12.3 Å². The zero-order valence-electron chi connectivity index (χ0n) is 16.9. The Balaban J connectivity index is 1.43. The highest BCUT2D eigenvalue weighted by Gasteiger charge is 2.22. The predicted molar refractivity (Wildman–Crippen MR) is 118 cm³/mol. The number of amides is 1. The smallest absolute Gasteiger partial charge is 0.254 e. The molecule has 0 bridgehead atoms. The van der Waals surface area contributed by atoms with Crippen LogP contribution in [-0.2, 0) is 0 Å². The molecule has 0 atom stereocenters. The van der Waals surface area contributed by atoms with Crippen molar-refractivity contribution >= 4 is 23.1 Å². The van der Waals surface area contributed by atoms with Gasteiger partial charge in [0.25, 0.3) is 5.91 Å². The number of carbonyl (C=O) groups excluding carboxylic acids is 1. The fraction of sp³-hybridized carbons (Fsp3) is 0.250. The van der Waals surface area contributed by atoms with Gasteiger partial charge in [-0.1, -0.05) is 30.3 Å². The minimum absolute atomic E-state index is 0.0594. The third kappa shape index (κ3) is 4.24. The molecule has 1 N–H and O–H groups in total. The summed E-state index contributed by atoms with van der Waals surface area (Å²) in [5.41, 5.74) is 5.30. The Hall–Kier alpha value is -3.34. The molecular weight excluding hydrogens is 360 g/mol. The number of aryl methyl sites for hydroxylation is 1. The van der Waals surface area contributed by atoms with Crippen LogP contribution in [0.2, 0.25) is 0 Å². The Morgan fingerprint density at radius 1 is 0.931 bits per heavy atom. The molecule has 1 saturated heterocycles.